The largest absolute Gasteiger partial charge is 0.493 e. The Labute approximate surface area is 225 Å². The van der Waals surface area contributed by atoms with Gasteiger partial charge in [0.05, 0.1) is 30.9 Å². The summed E-state index contributed by atoms with van der Waals surface area (Å²) in [4.78, 5) is 29.3. The topological polar surface area (TPSA) is 86.3 Å². The molecule has 2 heterocycles. The van der Waals surface area contributed by atoms with Crippen molar-refractivity contribution in [3.05, 3.63) is 76.2 Å². The van der Waals surface area contributed by atoms with Crippen LogP contribution in [-0.4, -0.2) is 46.3 Å². The minimum Gasteiger partial charge on any atom is -0.493 e. The highest BCUT2D eigenvalue weighted by molar-refractivity contribution is 8.04. The lowest BCUT2D eigenvalue weighted by molar-refractivity contribution is -0.114. The lowest BCUT2D eigenvalue weighted by Crippen LogP contribution is -2.31. The second kappa shape index (κ2) is 10.7. The molecule has 2 amide bonds. The Morgan fingerprint density at radius 3 is 2.53 bits per heavy atom. The molecule has 3 aromatic rings. The Kier molecular flexibility index (Phi) is 7.20. The Hall–Kier alpha value is -4.11. The third kappa shape index (κ3) is 5.02. The van der Waals surface area contributed by atoms with E-state index < -0.39 is 0 Å². The third-order valence-corrected chi connectivity index (χ3v) is 7.51. The number of methoxy groups -OCH3 is 2. The average molecular weight is 533 g/mol. The van der Waals surface area contributed by atoms with Crippen molar-refractivity contribution >= 4 is 35.3 Å². The first-order chi connectivity index (χ1) is 18.4. The number of carbonyl (C=O) groups is 2. The molecular formula is C29H28N2O6S. The number of rotatable bonds is 6. The first-order valence-corrected chi connectivity index (χ1v) is 12.9. The molecule has 1 atom stereocenters. The maximum atomic E-state index is 13.2. The van der Waals surface area contributed by atoms with E-state index in [0.29, 0.717) is 52.4 Å². The minimum atomic E-state index is -0.251. The molecule has 0 bridgehead atoms. The molecule has 0 radical (unpaired) electrons. The number of anilines is 1. The van der Waals surface area contributed by atoms with E-state index >= 15 is 0 Å². The third-order valence-electron chi connectivity index (χ3n) is 6.44. The fourth-order valence-electron chi connectivity index (χ4n) is 4.32. The zero-order chi connectivity index (χ0) is 26.8. The Morgan fingerprint density at radius 1 is 1.00 bits per heavy atom. The summed E-state index contributed by atoms with van der Waals surface area (Å²) in [5, 5.41) is 3.03. The second-order valence-corrected chi connectivity index (χ2v) is 9.95. The van der Waals surface area contributed by atoms with Crippen LogP contribution in [0.1, 0.15) is 34.5 Å². The molecular weight excluding hydrogens is 504 g/mol. The van der Waals surface area contributed by atoms with Gasteiger partial charge in [0.1, 0.15) is 13.2 Å². The van der Waals surface area contributed by atoms with Crippen LogP contribution < -0.4 is 29.2 Å². The van der Waals surface area contributed by atoms with Gasteiger partial charge in [-0.1, -0.05) is 23.9 Å². The highest BCUT2D eigenvalue weighted by Gasteiger charge is 2.28. The Morgan fingerprint density at radius 2 is 1.76 bits per heavy atom. The smallest absolute Gasteiger partial charge is 0.264 e. The maximum Gasteiger partial charge on any atom is 0.264 e. The van der Waals surface area contributed by atoms with Gasteiger partial charge >= 0.3 is 0 Å². The summed E-state index contributed by atoms with van der Waals surface area (Å²) in [5.41, 5.74) is 2.89. The molecule has 5 rings (SSSR count). The summed E-state index contributed by atoms with van der Waals surface area (Å²) in [6.45, 7) is 2.94. The van der Waals surface area contributed by atoms with Gasteiger partial charge in [-0.25, -0.2) is 0 Å². The highest BCUT2D eigenvalue weighted by Crippen LogP contribution is 2.42. The zero-order valence-corrected chi connectivity index (χ0v) is 22.4. The number of ether oxygens (including phenoxy) is 4. The predicted molar refractivity (Wildman–Crippen MR) is 147 cm³/mol. The summed E-state index contributed by atoms with van der Waals surface area (Å²) in [5.74, 6) is 2.21. The van der Waals surface area contributed by atoms with Gasteiger partial charge in [-0.2, -0.15) is 0 Å². The summed E-state index contributed by atoms with van der Waals surface area (Å²) in [6, 6.07) is 16.3. The lowest BCUT2D eigenvalue weighted by Gasteiger charge is -2.27. The van der Waals surface area contributed by atoms with E-state index in [1.54, 1.807) is 44.4 Å². The Bertz CT molecular complexity index is 1440. The van der Waals surface area contributed by atoms with E-state index in [9.17, 15) is 9.59 Å². The van der Waals surface area contributed by atoms with E-state index in [2.05, 4.69) is 5.32 Å². The maximum absolute atomic E-state index is 13.2. The van der Waals surface area contributed by atoms with Crippen molar-refractivity contribution < 1.29 is 28.5 Å². The summed E-state index contributed by atoms with van der Waals surface area (Å²) >= 11 is 1.37. The molecule has 196 valence electrons. The van der Waals surface area contributed by atoms with E-state index in [0.717, 1.165) is 16.0 Å². The molecule has 1 N–H and O–H groups in total. The van der Waals surface area contributed by atoms with Gasteiger partial charge in [-0.3, -0.25) is 9.59 Å². The molecule has 9 heteroatoms. The molecule has 2 aliphatic rings. The molecule has 0 spiro atoms. The van der Waals surface area contributed by atoms with Crippen molar-refractivity contribution in [3.63, 3.8) is 0 Å². The molecule has 0 aromatic heterocycles. The standard InChI is InChI=1S/C29H28N2O6S/c1-17(19-6-9-23-25(16-19)37-12-11-36-23)30-28(32)20-7-10-26-21(15-20)31(2)29(33)27(38-26)14-18-5-8-22(34-3)24(13-18)35-4/h5-10,13-17H,11-12H2,1-4H3,(H,30,32)/b27-14-/t17-/m0/s1. The van der Waals surface area contributed by atoms with Crippen LogP contribution in [0, 0.1) is 0 Å². The fourth-order valence-corrected chi connectivity index (χ4v) is 5.41. The van der Waals surface area contributed by atoms with Crippen LogP contribution in [0.4, 0.5) is 5.69 Å². The quantitative estimate of drug-likeness (QED) is 0.444. The zero-order valence-electron chi connectivity index (χ0n) is 21.6. The van der Waals surface area contributed by atoms with E-state index in [1.807, 2.05) is 49.4 Å². The number of fused-ring (bicyclic) bond motifs is 2. The van der Waals surface area contributed by atoms with Crippen molar-refractivity contribution in [1.82, 2.24) is 5.32 Å². The van der Waals surface area contributed by atoms with Crippen LogP contribution in [-0.2, 0) is 4.79 Å². The number of likely N-dealkylation sites (N-methyl/N-ethyl adjacent to an activating group) is 1. The van der Waals surface area contributed by atoms with Crippen LogP contribution in [0.2, 0.25) is 0 Å². The summed E-state index contributed by atoms with van der Waals surface area (Å²) in [6.07, 6.45) is 1.82. The van der Waals surface area contributed by atoms with Crippen LogP contribution in [0.5, 0.6) is 23.0 Å². The van der Waals surface area contributed by atoms with Gasteiger partial charge in [-0.15, -0.1) is 0 Å². The predicted octanol–water partition coefficient (Wildman–Crippen LogP) is 5.08. The number of nitrogens with one attached hydrogen (secondary N) is 1. The van der Waals surface area contributed by atoms with Crippen molar-refractivity contribution in [2.45, 2.75) is 17.9 Å². The van der Waals surface area contributed by atoms with Crippen LogP contribution in [0.25, 0.3) is 6.08 Å². The molecule has 0 saturated carbocycles. The number of benzene rings is 3. The van der Waals surface area contributed by atoms with Crippen molar-refractivity contribution in [2.75, 3.05) is 39.4 Å². The van der Waals surface area contributed by atoms with E-state index in [4.69, 9.17) is 18.9 Å². The fraction of sp³-hybridized carbons (Fsp3) is 0.241. The molecule has 3 aromatic carbocycles. The van der Waals surface area contributed by atoms with Gasteiger partial charge < -0.3 is 29.2 Å². The SMILES string of the molecule is COc1ccc(/C=C2\Sc3ccc(C(=O)N[C@@H](C)c4ccc5c(c4)OCCO5)cc3N(C)C2=O)cc1OC. The molecule has 38 heavy (non-hydrogen) atoms. The molecule has 0 saturated heterocycles. The van der Waals surface area contributed by atoms with Crippen LogP contribution in [0.3, 0.4) is 0 Å². The highest BCUT2D eigenvalue weighted by atomic mass is 32.2. The minimum absolute atomic E-state index is 0.153. The van der Waals surface area contributed by atoms with E-state index in [-0.39, 0.29) is 17.9 Å². The number of hydrogen-bond donors (Lipinski definition) is 1. The lowest BCUT2D eigenvalue weighted by atomic mass is 10.1. The van der Waals surface area contributed by atoms with Crippen molar-refractivity contribution in [1.29, 1.82) is 0 Å². The summed E-state index contributed by atoms with van der Waals surface area (Å²) in [7, 11) is 4.86. The molecule has 0 fully saturated rings. The Balaban J connectivity index is 1.34. The molecule has 2 aliphatic heterocycles. The van der Waals surface area contributed by atoms with Gasteiger partial charge in [0.2, 0.25) is 0 Å². The summed E-state index contributed by atoms with van der Waals surface area (Å²) < 4.78 is 21.9. The average Bonchev–Trinajstić information content (AvgIpc) is 2.95. The molecule has 0 aliphatic carbocycles. The first kappa shape index (κ1) is 25.5. The van der Waals surface area contributed by atoms with Crippen molar-refractivity contribution in [2.24, 2.45) is 0 Å². The monoisotopic (exact) mass is 532 g/mol. The van der Waals surface area contributed by atoms with Crippen LogP contribution in [0.15, 0.2) is 64.4 Å². The number of thioether (sulfide) groups is 1. The number of hydrogen-bond acceptors (Lipinski definition) is 7. The number of carbonyl (C=O) groups excluding carboxylic acids is 2. The number of nitrogens with zero attached hydrogens (tertiary/aromatic N) is 1. The number of amides is 2. The first-order valence-electron chi connectivity index (χ1n) is 12.1. The van der Waals surface area contributed by atoms with Crippen molar-refractivity contribution in [3.8, 4) is 23.0 Å². The second-order valence-electron chi connectivity index (χ2n) is 8.87. The van der Waals surface area contributed by atoms with Gasteiger partial charge in [0.25, 0.3) is 11.8 Å². The molecule has 0 unspecified atom stereocenters. The van der Waals surface area contributed by atoms with Gasteiger partial charge in [-0.05, 0) is 66.6 Å². The van der Waals surface area contributed by atoms with Gasteiger partial charge in [0, 0.05) is 17.5 Å². The normalized spacial score (nSPS) is 16.1. The molecule has 8 nitrogen and oxygen atoms in total. The van der Waals surface area contributed by atoms with Gasteiger partial charge in [0.15, 0.2) is 23.0 Å². The van der Waals surface area contributed by atoms with Crippen LogP contribution >= 0.6 is 11.8 Å². The van der Waals surface area contributed by atoms with E-state index in [1.165, 1.54) is 11.8 Å².